The van der Waals surface area contributed by atoms with E-state index in [9.17, 15) is 9.59 Å². The average molecular weight is 666 g/mol. The van der Waals surface area contributed by atoms with Crippen molar-refractivity contribution in [3.8, 4) is 22.5 Å². The maximum Gasteiger partial charge on any atom is 0.410 e. The molecular formula is C35H43N11O3. The summed E-state index contributed by atoms with van der Waals surface area (Å²) >= 11 is 0. The Morgan fingerprint density at radius 3 is 2.33 bits per heavy atom. The van der Waals surface area contributed by atoms with Crippen LogP contribution in [0.4, 0.5) is 10.6 Å². The number of fused-ring (bicyclic) bond motifs is 1. The van der Waals surface area contributed by atoms with Gasteiger partial charge < -0.3 is 19.9 Å². The van der Waals surface area contributed by atoms with Crippen molar-refractivity contribution in [3.05, 3.63) is 71.9 Å². The average Bonchev–Trinajstić information content (AvgIpc) is 3.74. The molecular weight excluding hydrogens is 622 g/mol. The number of piperazine rings is 1. The van der Waals surface area contributed by atoms with Gasteiger partial charge in [0.15, 0.2) is 0 Å². The summed E-state index contributed by atoms with van der Waals surface area (Å²) in [7, 11) is 0. The van der Waals surface area contributed by atoms with Crippen LogP contribution in [0.3, 0.4) is 0 Å². The van der Waals surface area contributed by atoms with Gasteiger partial charge in [0.05, 0.1) is 40.9 Å². The van der Waals surface area contributed by atoms with Gasteiger partial charge in [0.2, 0.25) is 0 Å². The lowest BCUT2D eigenvalue weighted by Crippen LogP contribution is -2.50. The smallest absolute Gasteiger partial charge is 0.410 e. The van der Waals surface area contributed by atoms with Gasteiger partial charge >= 0.3 is 6.09 Å². The molecule has 256 valence electrons. The molecule has 49 heavy (non-hydrogen) atoms. The number of carbonyl (C=O) groups is 2. The van der Waals surface area contributed by atoms with E-state index in [0.29, 0.717) is 26.2 Å². The van der Waals surface area contributed by atoms with Gasteiger partial charge in [-0.1, -0.05) is 12.1 Å². The van der Waals surface area contributed by atoms with Crippen LogP contribution in [0.2, 0.25) is 0 Å². The van der Waals surface area contributed by atoms with E-state index in [0.717, 1.165) is 45.0 Å². The van der Waals surface area contributed by atoms with Gasteiger partial charge in [-0.15, -0.1) is 10.2 Å². The van der Waals surface area contributed by atoms with Crippen molar-refractivity contribution in [1.82, 2.24) is 50.0 Å². The van der Waals surface area contributed by atoms with Crippen molar-refractivity contribution in [3.63, 3.8) is 0 Å². The number of hydrogen-bond donors (Lipinski definition) is 1. The Morgan fingerprint density at radius 1 is 0.959 bits per heavy atom. The number of rotatable bonds is 6. The Balaban J connectivity index is 1.17. The fourth-order valence-electron chi connectivity index (χ4n) is 5.69. The van der Waals surface area contributed by atoms with Gasteiger partial charge in [-0.05, 0) is 96.0 Å². The van der Waals surface area contributed by atoms with Gasteiger partial charge in [0.1, 0.15) is 11.4 Å². The largest absolute Gasteiger partial charge is 0.444 e. The lowest BCUT2D eigenvalue weighted by molar-refractivity contribution is 0.0240. The first kappa shape index (κ1) is 33.5. The van der Waals surface area contributed by atoms with E-state index >= 15 is 0 Å². The number of ether oxygens (including phenoxy) is 1. The highest BCUT2D eigenvalue weighted by Crippen LogP contribution is 2.30. The number of tetrazole rings is 1. The fourth-order valence-corrected chi connectivity index (χ4v) is 5.69. The molecule has 5 heterocycles. The Morgan fingerprint density at radius 2 is 1.69 bits per heavy atom. The van der Waals surface area contributed by atoms with Crippen molar-refractivity contribution in [2.45, 2.75) is 72.6 Å². The second-order valence-corrected chi connectivity index (χ2v) is 14.3. The maximum atomic E-state index is 12.9. The van der Waals surface area contributed by atoms with E-state index in [1.807, 2.05) is 103 Å². The topological polar surface area (TPSA) is 149 Å². The molecule has 4 aromatic heterocycles. The molecule has 1 aliphatic heterocycles. The number of hydrogen-bond acceptors (Lipinski definition) is 10. The Labute approximate surface area is 285 Å². The van der Waals surface area contributed by atoms with Gasteiger partial charge in [-0.3, -0.25) is 4.79 Å². The summed E-state index contributed by atoms with van der Waals surface area (Å²) in [6, 6.07) is 11.7. The van der Waals surface area contributed by atoms with Crippen molar-refractivity contribution in [2.75, 3.05) is 31.1 Å². The Kier molecular flexibility index (Phi) is 8.82. The van der Waals surface area contributed by atoms with Crippen molar-refractivity contribution < 1.29 is 14.3 Å². The quantitative estimate of drug-likeness (QED) is 0.261. The van der Waals surface area contributed by atoms with Crippen molar-refractivity contribution in [1.29, 1.82) is 0 Å². The molecule has 1 aromatic carbocycles. The molecule has 5 aromatic rings. The van der Waals surface area contributed by atoms with Crippen LogP contribution in [0.25, 0.3) is 28.0 Å². The van der Waals surface area contributed by atoms with Crippen LogP contribution in [0.15, 0.2) is 55.0 Å². The molecule has 14 nitrogen and oxygen atoms in total. The number of anilines is 1. The zero-order valence-corrected chi connectivity index (χ0v) is 29.3. The molecule has 1 atom stereocenters. The number of amides is 2. The minimum absolute atomic E-state index is 0.0310. The summed E-state index contributed by atoms with van der Waals surface area (Å²) in [5, 5.41) is 19.7. The molecule has 0 saturated carbocycles. The highest BCUT2D eigenvalue weighted by molar-refractivity contribution is 5.90. The third-order valence-corrected chi connectivity index (χ3v) is 8.26. The number of carbonyl (C=O) groups excluding carboxylic acids is 2. The zero-order valence-electron chi connectivity index (χ0n) is 29.3. The maximum absolute atomic E-state index is 12.9. The molecule has 0 aliphatic carbocycles. The lowest BCUT2D eigenvalue weighted by atomic mass is 9.98. The number of aryl methyl sites for hydroxylation is 1. The number of benzene rings is 1. The van der Waals surface area contributed by atoms with Crippen LogP contribution in [0, 0.1) is 6.92 Å². The van der Waals surface area contributed by atoms with Crippen molar-refractivity contribution in [2.24, 2.45) is 0 Å². The molecule has 0 radical (unpaired) electrons. The van der Waals surface area contributed by atoms with E-state index in [4.69, 9.17) is 14.7 Å². The minimum Gasteiger partial charge on any atom is -0.444 e. The monoisotopic (exact) mass is 665 g/mol. The van der Waals surface area contributed by atoms with Crippen molar-refractivity contribution >= 4 is 23.3 Å². The van der Waals surface area contributed by atoms with E-state index in [1.54, 1.807) is 11.1 Å². The van der Waals surface area contributed by atoms with Crippen LogP contribution in [0.5, 0.6) is 0 Å². The summed E-state index contributed by atoms with van der Waals surface area (Å²) in [5.74, 6) is 0.489. The van der Waals surface area contributed by atoms with E-state index < -0.39 is 5.60 Å². The number of aromatic nitrogens is 8. The first-order valence-electron chi connectivity index (χ1n) is 16.4. The number of nitrogens with zero attached hydrogens (tertiary/aromatic N) is 10. The Hall–Kier alpha value is -5.40. The predicted octanol–water partition coefficient (Wildman–Crippen LogP) is 5.06. The molecule has 1 saturated heterocycles. The Bertz CT molecular complexity index is 1980. The summed E-state index contributed by atoms with van der Waals surface area (Å²) in [4.78, 5) is 40.6. The van der Waals surface area contributed by atoms with Crippen LogP contribution < -0.4 is 10.2 Å². The molecule has 2 amide bonds. The second-order valence-electron chi connectivity index (χ2n) is 14.3. The second kappa shape index (κ2) is 12.9. The number of nitrogens with one attached hydrogen (secondary N) is 1. The SMILES string of the molecule is Cc1cc(-c2nc(-c3ccc(N4CCN(C(=O)OC(C)(C)C)CC4)nc3)cn3nccc23)ccc1[C@@H](C)NC(=O)c1nnn(C(C)(C)C)n1. The van der Waals surface area contributed by atoms with E-state index in [1.165, 1.54) is 4.80 Å². The lowest BCUT2D eigenvalue weighted by Gasteiger charge is -2.36. The number of pyridine rings is 1. The summed E-state index contributed by atoms with van der Waals surface area (Å²) in [6.07, 6.45) is 5.20. The molecule has 0 bridgehead atoms. The molecule has 14 heteroatoms. The highest BCUT2D eigenvalue weighted by Gasteiger charge is 2.27. The first-order valence-corrected chi connectivity index (χ1v) is 16.4. The van der Waals surface area contributed by atoms with Gasteiger partial charge in [0, 0.05) is 43.5 Å². The molecule has 0 spiro atoms. The fraction of sp³-hybridized carbons (Fsp3) is 0.429. The third kappa shape index (κ3) is 7.37. The summed E-state index contributed by atoms with van der Waals surface area (Å²) in [6.45, 7) is 17.9. The zero-order chi connectivity index (χ0) is 35.1. The molecule has 1 aliphatic rings. The van der Waals surface area contributed by atoms with E-state index in [2.05, 4.69) is 36.8 Å². The van der Waals surface area contributed by atoms with Crippen LogP contribution in [0.1, 0.15) is 76.3 Å². The van der Waals surface area contributed by atoms with E-state index in [-0.39, 0.29) is 29.4 Å². The predicted molar refractivity (Wildman–Crippen MR) is 185 cm³/mol. The van der Waals surface area contributed by atoms with Gasteiger partial charge in [-0.2, -0.15) is 9.90 Å². The molecule has 0 unspecified atom stereocenters. The molecule has 1 N–H and O–H groups in total. The van der Waals surface area contributed by atoms with Crippen LogP contribution >= 0.6 is 0 Å². The summed E-state index contributed by atoms with van der Waals surface area (Å²) < 4.78 is 7.35. The minimum atomic E-state index is -0.520. The van der Waals surface area contributed by atoms with Gasteiger partial charge in [0.25, 0.3) is 11.7 Å². The third-order valence-electron chi connectivity index (χ3n) is 8.26. The van der Waals surface area contributed by atoms with Gasteiger partial charge in [-0.25, -0.2) is 19.3 Å². The van der Waals surface area contributed by atoms with Crippen LogP contribution in [-0.2, 0) is 10.3 Å². The van der Waals surface area contributed by atoms with Crippen LogP contribution in [-0.4, -0.2) is 88.5 Å². The normalized spacial score (nSPS) is 14.6. The molecule has 6 rings (SSSR count). The standard InChI is InChI=1S/C35H43N11O3/c1-22-19-24(9-11-26(22)23(2)38-32(47)31-40-42-46(41-31)34(3,4)5)30-28-13-14-37-45(28)21-27(39-30)25-10-12-29(36-20-25)43-15-17-44(18-16-43)33(48)49-35(6,7)8/h9-14,19-21,23H,15-18H2,1-8H3,(H,38,47)/t23-/m1/s1. The first-order chi connectivity index (χ1) is 23.2. The molecule has 1 fully saturated rings. The highest BCUT2D eigenvalue weighted by atomic mass is 16.6. The summed E-state index contributed by atoms with van der Waals surface area (Å²) in [5.41, 5.74) is 5.24.